The van der Waals surface area contributed by atoms with Gasteiger partial charge in [-0.25, -0.2) is 0 Å². The Labute approximate surface area is 117 Å². The van der Waals surface area contributed by atoms with Crippen LogP contribution in [0.4, 0.5) is 0 Å². The van der Waals surface area contributed by atoms with Crippen molar-refractivity contribution >= 4 is 11.6 Å². The van der Waals surface area contributed by atoms with Crippen LogP contribution in [0.5, 0.6) is 5.75 Å². The lowest BCUT2D eigenvalue weighted by Gasteiger charge is -2.07. The van der Waals surface area contributed by atoms with Crippen molar-refractivity contribution in [3.05, 3.63) is 46.7 Å². The summed E-state index contributed by atoms with van der Waals surface area (Å²) in [5.41, 5.74) is 1.83. The standard InChI is InChI=1S/C14H17ClN2O2/c1-11-13(14(15)17(2)16-11)10-18-8-9-19-12-6-4-3-5-7-12/h3-7H,8-10H2,1-2H3. The molecule has 0 saturated heterocycles. The second-order valence-corrected chi connectivity index (χ2v) is 4.55. The summed E-state index contributed by atoms with van der Waals surface area (Å²) >= 11 is 6.11. The molecular weight excluding hydrogens is 264 g/mol. The molecule has 2 aromatic rings. The van der Waals surface area contributed by atoms with Crippen LogP contribution in [-0.4, -0.2) is 23.0 Å². The fraction of sp³-hybridized carbons (Fsp3) is 0.357. The molecule has 0 unspecified atom stereocenters. The van der Waals surface area contributed by atoms with E-state index in [1.807, 2.05) is 44.3 Å². The normalized spacial score (nSPS) is 10.7. The summed E-state index contributed by atoms with van der Waals surface area (Å²) in [4.78, 5) is 0. The Hall–Kier alpha value is -1.52. The van der Waals surface area contributed by atoms with Crippen molar-refractivity contribution in [3.63, 3.8) is 0 Å². The van der Waals surface area contributed by atoms with Gasteiger partial charge in [-0.15, -0.1) is 0 Å². The van der Waals surface area contributed by atoms with E-state index >= 15 is 0 Å². The Bertz CT molecular complexity index is 526. The molecule has 0 bridgehead atoms. The molecule has 1 aromatic carbocycles. The number of hydrogen-bond donors (Lipinski definition) is 0. The summed E-state index contributed by atoms with van der Waals surface area (Å²) in [5.74, 6) is 0.849. The first-order chi connectivity index (χ1) is 9.18. The van der Waals surface area contributed by atoms with Gasteiger partial charge in [0.15, 0.2) is 0 Å². The number of para-hydroxylation sites is 1. The van der Waals surface area contributed by atoms with Gasteiger partial charge in [0.05, 0.1) is 18.9 Å². The molecule has 1 aromatic heterocycles. The van der Waals surface area contributed by atoms with Crippen LogP contribution in [0.15, 0.2) is 30.3 Å². The summed E-state index contributed by atoms with van der Waals surface area (Å²) in [6.45, 7) is 3.40. The van der Waals surface area contributed by atoms with Gasteiger partial charge in [0.1, 0.15) is 17.5 Å². The third kappa shape index (κ3) is 3.72. The van der Waals surface area contributed by atoms with Crippen LogP contribution in [0, 0.1) is 6.92 Å². The predicted octanol–water partition coefficient (Wildman–Crippen LogP) is 2.98. The van der Waals surface area contributed by atoms with Crippen molar-refractivity contribution in [1.29, 1.82) is 0 Å². The van der Waals surface area contributed by atoms with Crippen molar-refractivity contribution < 1.29 is 9.47 Å². The molecule has 0 aliphatic rings. The maximum absolute atomic E-state index is 6.11. The summed E-state index contributed by atoms with van der Waals surface area (Å²) in [7, 11) is 1.82. The zero-order valence-electron chi connectivity index (χ0n) is 11.1. The van der Waals surface area contributed by atoms with Crippen molar-refractivity contribution in [3.8, 4) is 5.75 Å². The highest BCUT2D eigenvalue weighted by molar-refractivity contribution is 6.30. The third-order valence-electron chi connectivity index (χ3n) is 2.76. The van der Waals surface area contributed by atoms with Crippen LogP contribution >= 0.6 is 11.6 Å². The molecular formula is C14H17ClN2O2. The molecule has 0 N–H and O–H groups in total. The fourth-order valence-corrected chi connectivity index (χ4v) is 1.98. The van der Waals surface area contributed by atoms with Crippen LogP contribution in [0.2, 0.25) is 5.15 Å². The molecule has 102 valence electrons. The number of hydrogen-bond acceptors (Lipinski definition) is 3. The van der Waals surface area contributed by atoms with Crippen LogP contribution in [-0.2, 0) is 18.4 Å². The van der Waals surface area contributed by atoms with Crippen LogP contribution in [0.3, 0.4) is 0 Å². The Morgan fingerprint density at radius 3 is 2.58 bits per heavy atom. The number of nitrogens with zero attached hydrogens (tertiary/aromatic N) is 2. The van der Waals surface area contributed by atoms with Crippen molar-refractivity contribution in [2.45, 2.75) is 13.5 Å². The highest BCUT2D eigenvalue weighted by atomic mass is 35.5. The molecule has 0 atom stereocenters. The molecule has 0 radical (unpaired) electrons. The van der Waals surface area contributed by atoms with E-state index in [-0.39, 0.29) is 0 Å². The lowest BCUT2D eigenvalue weighted by molar-refractivity contribution is 0.0886. The molecule has 0 aliphatic heterocycles. The highest BCUT2D eigenvalue weighted by Gasteiger charge is 2.10. The molecule has 5 heteroatoms. The van der Waals surface area contributed by atoms with Crippen LogP contribution < -0.4 is 4.74 Å². The molecule has 19 heavy (non-hydrogen) atoms. The SMILES string of the molecule is Cc1nn(C)c(Cl)c1COCCOc1ccccc1. The highest BCUT2D eigenvalue weighted by Crippen LogP contribution is 2.19. The maximum atomic E-state index is 6.11. The number of benzene rings is 1. The van der Waals surface area contributed by atoms with E-state index in [4.69, 9.17) is 21.1 Å². The number of halogens is 1. The monoisotopic (exact) mass is 280 g/mol. The minimum absolute atomic E-state index is 0.455. The molecule has 2 rings (SSSR count). The van der Waals surface area contributed by atoms with E-state index < -0.39 is 0 Å². The molecule has 4 nitrogen and oxygen atoms in total. The van der Waals surface area contributed by atoms with Gasteiger partial charge in [0.25, 0.3) is 0 Å². The second kappa shape index (κ2) is 6.59. The second-order valence-electron chi connectivity index (χ2n) is 4.19. The molecule has 1 heterocycles. The van der Waals surface area contributed by atoms with Crippen LogP contribution in [0.1, 0.15) is 11.3 Å². The van der Waals surface area contributed by atoms with Gasteiger partial charge < -0.3 is 9.47 Å². The quantitative estimate of drug-likeness (QED) is 0.763. The summed E-state index contributed by atoms with van der Waals surface area (Å²) in [6, 6.07) is 9.67. The Kier molecular flexibility index (Phi) is 4.82. The van der Waals surface area contributed by atoms with Gasteiger partial charge in [0.2, 0.25) is 0 Å². The zero-order chi connectivity index (χ0) is 13.7. The summed E-state index contributed by atoms with van der Waals surface area (Å²) < 4.78 is 12.7. The Morgan fingerprint density at radius 2 is 1.95 bits per heavy atom. The number of rotatable bonds is 6. The van der Waals surface area contributed by atoms with Gasteiger partial charge in [0, 0.05) is 12.6 Å². The van der Waals surface area contributed by atoms with Crippen molar-refractivity contribution in [2.75, 3.05) is 13.2 Å². The molecule has 0 saturated carbocycles. The van der Waals surface area contributed by atoms with Crippen LogP contribution in [0.25, 0.3) is 0 Å². The molecule has 0 fully saturated rings. The average Bonchev–Trinajstić information content (AvgIpc) is 2.65. The van der Waals surface area contributed by atoms with Gasteiger partial charge in [-0.1, -0.05) is 29.8 Å². The van der Waals surface area contributed by atoms with Crippen molar-refractivity contribution in [1.82, 2.24) is 9.78 Å². The zero-order valence-corrected chi connectivity index (χ0v) is 11.9. The Balaban J connectivity index is 1.72. The van der Waals surface area contributed by atoms with Crippen molar-refractivity contribution in [2.24, 2.45) is 7.05 Å². The first-order valence-corrected chi connectivity index (χ1v) is 6.50. The number of aromatic nitrogens is 2. The smallest absolute Gasteiger partial charge is 0.132 e. The summed E-state index contributed by atoms with van der Waals surface area (Å²) in [5, 5.41) is 4.86. The van der Waals surface area contributed by atoms with Gasteiger partial charge in [-0.2, -0.15) is 5.10 Å². The van der Waals surface area contributed by atoms with Gasteiger partial charge in [-0.05, 0) is 19.1 Å². The lowest BCUT2D eigenvalue weighted by Crippen LogP contribution is -2.07. The minimum Gasteiger partial charge on any atom is -0.491 e. The molecule has 0 amide bonds. The van der Waals surface area contributed by atoms with E-state index in [9.17, 15) is 0 Å². The topological polar surface area (TPSA) is 36.3 Å². The fourth-order valence-electron chi connectivity index (χ4n) is 1.75. The first-order valence-electron chi connectivity index (χ1n) is 6.12. The van der Waals surface area contributed by atoms with Gasteiger partial charge in [-0.3, -0.25) is 4.68 Å². The number of ether oxygens (including phenoxy) is 2. The van der Waals surface area contributed by atoms with E-state index in [1.165, 1.54) is 0 Å². The third-order valence-corrected chi connectivity index (χ3v) is 3.23. The summed E-state index contributed by atoms with van der Waals surface area (Å²) in [6.07, 6.45) is 0. The Morgan fingerprint density at radius 1 is 1.21 bits per heavy atom. The molecule has 0 spiro atoms. The van der Waals surface area contributed by atoms with E-state index in [2.05, 4.69) is 5.10 Å². The van der Waals surface area contributed by atoms with Gasteiger partial charge >= 0.3 is 0 Å². The number of aryl methyl sites for hydroxylation is 2. The largest absolute Gasteiger partial charge is 0.491 e. The average molecular weight is 281 g/mol. The van der Waals surface area contributed by atoms with E-state index in [1.54, 1.807) is 4.68 Å². The lowest BCUT2D eigenvalue weighted by atomic mass is 10.3. The molecule has 0 aliphatic carbocycles. The first kappa shape index (κ1) is 13.9. The predicted molar refractivity (Wildman–Crippen MR) is 74.5 cm³/mol. The minimum atomic E-state index is 0.455. The van der Waals surface area contributed by atoms with E-state index in [0.29, 0.717) is 25.0 Å². The van der Waals surface area contributed by atoms with E-state index in [0.717, 1.165) is 17.0 Å². The maximum Gasteiger partial charge on any atom is 0.132 e.